The number of carbonyl (C=O) groups is 1. The summed E-state index contributed by atoms with van der Waals surface area (Å²) in [6, 6.07) is 15.2. The molecule has 0 aliphatic rings. The molecule has 1 atom stereocenters. The lowest BCUT2D eigenvalue weighted by Crippen LogP contribution is -2.21. The van der Waals surface area contributed by atoms with Crippen molar-refractivity contribution in [3.63, 3.8) is 0 Å². The number of rotatable bonds is 7. The Kier molecular flexibility index (Phi) is 5.80. The van der Waals surface area contributed by atoms with E-state index in [1.54, 1.807) is 7.11 Å². The molecule has 27 heavy (non-hydrogen) atoms. The number of amides is 1. The highest BCUT2D eigenvalue weighted by molar-refractivity contribution is 5.91. The highest BCUT2D eigenvalue weighted by Crippen LogP contribution is 2.26. The van der Waals surface area contributed by atoms with Gasteiger partial charge in [0.1, 0.15) is 12.3 Å². The van der Waals surface area contributed by atoms with Crippen LogP contribution < -0.4 is 10.1 Å². The fourth-order valence-corrected chi connectivity index (χ4v) is 2.77. The van der Waals surface area contributed by atoms with E-state index in [-0.39, 0.29) is 12.5 Å². The number of anilines is 1. The normalized spacial score (nSPS) is 11.8. The van der Waals surface area contributed by atoms with Gasteiger partial charge in [-0.05, 0) is 41.3 Å². The zero-order valence-corrected chi connectivity index (χ0v) is 15.7. The molecule has 0 fully saturated rings. The average molecular weight is 365 g/mol. The van der Waals surface area contributed by atoms with Gasteiger partial charge in [-0.2, -0.15) is 4.80 Å². The SMILES string of the molecule is CC[C@@H](C)c1ccccc1NC(=O)Cn1nnc(-c2cccc(OC)c2)n1. The number of hydrogen-bond acceptors (Lipinski definition) is 5. The summed E-state index contributed by atoms with van der Waals surface area (Å²) in [5.41, 5.74) is 2.73. The van der Waals surface area contributed by atoms with Crippen molar-refractivity contribution >= 4 is 11.6 Å². The third-order valence-electron chi connectivity index (χ3n) is 4.44. The molecule has 1 aromatic heterocycles. The van der Waals surface area contributed by atoms with Crippen LogP contribution in [0.2, 0.25) is 0 Å². The lowest BCUT2D eigenvalue weighted by atomic mass is 9.97. The van der Waals surface area contributed by atoms with E-state index in [2.05, 4.69) is 34.6 Å². The lowest BCUT2D eigenvalue weighted by molar-refractivity contribution is -0.117. The number of tetrazole rings is 1. The van der Waals surface area contributed by atoms with E-state index < -0.39 is 0 Å². The van der Waals surface area contributed by atoms with Crippen molar-refractivity contribution in [1.29, 1.82) is 0 Å². The van der Waals surface area contributed by atoms with Gasteiger partial charge in [0.15, 0.2) is 0 Å². The molecule has 140 valence electrons. The maximum atomic E-state index is 12.4. The fourth-order valence-electron chi connectivity index (χ4n) is 2.77. The minimum absolute atomic E-state index is 0.00813. The van der Waals surface area contributed by atoms with Gasteiger partial charge in [0, 0.05) is 11.3 Å². The first-order chi connectivity index (χ1) is 13.1. The van der Waals surface area contributed by atoms with Gasteiger partial charge in [0.25, 0.3) is 0 Å². The van der Waals surface area contributed by atoms with E-state index in [0.717, 1.165) is 23.2 Å². The molecule has 0 bridgehead atoms. The Bertz CT molecular complexity index is 922. The molecule has 1 N–H and O–H groups in total. The van der Waals surface area contributed by atoms with Gasteiger partial charge in [-0.1, -0.05) is 44.2 Å². The van der Waals surface area contributed by atoms with Crippen LogP contribution in [0, 0.1) is 0 Å². The molecule has 0 spiro atoms. The molecule has 1 heterocycles. The Balaban J connectivity index is 1.70. The number of nitrogens with one attached hydrogen (secondary N) is 1. The molecule has 3 rings (SSSR count). The molecular formula is C20H23N5O2. The van der Waals surface area contributed by atoms with E-state index in [1.807, 2.05) is 48.5 Å². The van der Waals surface area contributed by atoms with Crippen molar-refractivity contribution in [2.24, 2.45) is 0 Å². The molecule has 7 nitrogen and oxygen atoms in total. The van der Waals surface area contributed by atoms with Crippen LogP contribution in [0.5, 0.6) is 5.75 Å². The van der Waals surface area contributed by atoms with Crippen molar-refractivity contribution in [2.45, 2.75) is 32.7 Å². The molecule has 0 aliphatic heterocycles. The molecule has 0 saturated carbocycles. The van der Waals surface area contributed by atoms with Crippen molar-refractivity contribution in [1.82, 2.24) is 20.2 Å². The Morgan fingerprint density at radius 2 is 2.04 bits per heavy atom. The number of para-hydroxylation sites is 1. The van der Waals surface area contributed by atoms with E-state index >= 15 is 0 Å². The average Bonchev–Trinajstić information content (AvgIpc) is 3.16. The summed E-state index contributed by atoms with van der Waals surface area (Å²) < 4.78 is 5.21. The number of aromatic nitrogens is 4. The van der Waals surface area contributed by atoms with Gasteiger partial charge in [0.2, 0.25) is 11.7 Å². The number of benzene rings is 2. The summed E-state index contributed by atoms with van der Waals surface area (Å²) in [6.45, 7) is 4.26. The van der Waals surface area contributed by atoms with Crippen LogP contribution in [0.3, 0.4) is 0 Å². The topological polar surface area (TPSA) is 81.9 Å². The molecule has 7 heteroatoms. The summed E-state index contributed by atoms with van der Waals surface area (Å²) in [7, 11) is 1.60. The smallest absolute Gasteiger partial charge is 0.248 e. The summed E-state index contributed by atoms with van der Waals surface area (Å²) >= 11 is 0. The van der Waals surface area contributed by atoms with Crippen LogP contribution in [-0.2, 0) is 11.3 Å². The second kappa shape index (κ2) is 8.44. The monoisotopic (exact) mass is 365 g/mol. The van der Waals surface area contributed by atoms with Crippen molar-refractivity contribution < 1.29 is 9.53 Å². The fraction of sp³-hybridized carbons (Fsp3) is 0.300. The highest BCUT2D eigenvalue weighted by Gasteiger charge is 2.13. The van der Waals surface area contributed by atoms with Gasteiger partial charge >= 0.3 is 0 Å². The molecule has 3 aromatic rings. The maximum absolute atomic E-state index is 12.4. The van der Waals surface area contributed by atoms with E-state index in [1.165, 1.54) is 4.80 Å². The Morgan fingerprint density at radius 3 is 2.81 bits per heavy atom. The largest absolute Gasteiger partial charge is 0.497 e. The minimum atomic E-state index is -0.194. The van der Waals surface area contributed by atoms with E-state index in [0.29, 0.717) is 17.5 Å². The number of carbonyl (C=O) groups excluding carboxylic acids is 1. The summed E-state index contributed by atoms with van der Waals surface area (Å²) in [4.78, 5) is 13.7. The summed E-state index contributed by atoms with van der Waals surface area (Å²) in [5, 5.41) is 15.2. The van der Waals surface area contributed by atoms with Crippen LogP contribution in [0.1, 0.15) is 31.7 Å². The van der Waals surface area contributed by atoms with Crippen molar-refractivity contribution in [3.8, 4) is 17.1 Å². The molecule has 2 aromatic carbocycles. The van der Waals surface area contributed by atoms with Crippen LogP contribution in [0.25, 0.3) is 11.4 Å². The van der Waals surface area contributed by atoms with E-state index in [9.17, 15) is 4.79 Å². The lowest BCUT2D eigenvalue weighted by Gasteiger charge is -2.15. The first kappa shape index (κ1) is 18.6. The molecule has 0 radical (unpaired) electrons. The van der Waals surface area contributed by atoms with Gasteiger partial charge in [-0.25, -0.2) is 0 Å². The zero-order chi connectivity index (χ0) is 19.2. The second-order valence-electron chi connectivity index (χ2n) is 6.32. The number of hydrogen-bond donors (Lipinski definition) is 1. The Labute approximate surface area is 158 Å². The van der Waals surface area contributed by atoms with E-state index in [4.69, 9.17) is 4.74 Å². The first-order valence-corrected chi connectivity index (χ1v) is 8.91. The Morgan fingerprint density at radius 1 is 1.22 bits per heavy atom. The minimum Gasteiger partial charge on any atom is -0.497 e. The highest BCUT2D eigenvalue weighted by atomic mass is 16.5. The number of ether oxygens (including phenoxy) is 1. The van der Waals surface area contributed by atoms with Crippen LogP contribution in [0.15, 0.2) is 48.5 Å². The predicted octanol–water partition coefficient (Wildman–Crippen LogP) is 3.50. The predicted molar refractivity (Wildman–Crippen MR) is 104 cm³/mol. The number of methoxy groups -OCH3 is 1. The van der Waals surface area contributed by atoms with Crippen LogP contribution in [-0.4, -0.2) is 33.2 Å². The third-order valence-corrected chi connectivity index (χ3v) is 4.44. The third kappa shape index (κ3) is 4.49. The maximum Gasteiger partial charge on any atom is 0.248 e. The molecule has 1 amide bonds. The van der Waals surface area contributed by atoms with Gasteiger partial charge in [0.05, 0.1) is 7.11 Å². The second-order valence-corrected chi connectivity index (χ2v) is 6.32. The van der Waals surface area contributed by atoms with Gasteiger partial charge in [-0.3, -0.25) is 4.79 Å². The zero-order valence-electron chi connectivity index (χ0n) is 15.7. The van der Waals surface area contributed by atoms with Crippen molar-refractivity contribution in [2.75, 3.05) is 12.4 Å². The van der Waals surface area contributed by atoms with Gasteiger partial charge in [-0.15, -0.1) is 10.2 Å². The first-order valence-electron chi connectivity index (χ1n) is 8.91. The van der Waals surface area contributed by atoms with Crippen molar-refractivity contribution in [3.05, 3.63) is 54.1 Å². The molecule has 0 saturated heterocycles. The standard InChI is InChI=1S/C20H23N5O2/c1-4-14(2)17-10-5-6-11-18(17)21-19(26)13-25-23-20(22-24-25)15-8-7-9-16(12-15)27-3/h5-12,14H,4,13H2,1-3H3,(H,21,26)/t14-/m1/s1. The molecule has 0 aliphatic carbocycles. The molecular weight excluding hydrogens is 342 g/mol. The summed E-state index contributed by atoms with van der Waals surface area (Å²) in [6.07, 6.45) is 1.00. The molecule has 0 unspecified atom stereocenters. The van der Waals surface area contributed by atoms with Gasteiger partial charge < -0.3 is 10.1 Å². The van der Waals surface area contributed by atoms with Crippen LogP contribution >= 0.6 is 0 Å². The van der Waals surface area contributed by atoms with Crippen LogP contribution in [0.4, 0.5) is 5.69 Å². The quantitative estimate of drug-likeness (QED) is 0.693. The number of nitrogens with zero attached hydrogens (tertiary/aromatic N) is 4. The Hall–Kier alpha value is -3.22. The summed E-state index contributed by atoms with van der Waals surface area (Å²) in [5.74, 6) is 1.33.